The second-order valence-electron chi connectivity index (χ2n) is 4.57. The highest BCUT2D eigenvalue weighted by Gasteiger charge is 2.26. The maximum Gasteiger partial charge on any atom is 0.278 e. The number of aliphatic hydroxyl groups excluding tert-OH is 1. The maximum absolute atomic E-state index is 11.5. The number of hydrogen-bond acceptors (Lipinski definition) is 4. The molecule has 2 aromatic rings. The third-order valence-electron chi connectivity index (χ3n) is 3.53. The number of fused-ring (bicyclic) bond motifs is 1. The number of H-pyrrole nitrogens is 1. The molecule has 90 valence electrons. The number of nitrogens with one attached hydrogen (secondary N) is 1. The van der Waals surface area contributed by atoms with E-state index >= 15 is 0 Å². The molecule has 6 heteroatoms. The van der Waals surface area contributed by atoms with Crippen molar-refractivity contribution in [1.82, 2.24) is 19.5 Å². The van der Waals surface area contributed by atoms with E-state index in [-0.39, 0.29) is 12.2 Å². The Morgan fingerprint density at radius 3 is 3.12 bits per heavy atom. The van der Waals surface area contributed by atoms with Crippen molar-refractivity contribution in [1.29, 1.82) is 0 Å². The van der Waals surface area contributed by atoms with Gasteiger partial charge in [0.2, 0.25) is 0 Å². The van der Waals surface area contributed by atoms with Crippen LogP contribution in [0, 0.1) is 5.92 Å². The predicted octanol–water partition coefficient (Wildman–Crippen LogP) is 0.453. The van der Waals surface area contributed by atoms with E-state index in [1.807, 2.05) is 4.57 Å². The van der Waals surface area contributed by atoms with Gasteiger partial charge in [0.25, 0.3) is 5.56 Å². The first kappa shape index (κ1) is 10.5. The monoisotopic (exact) mass is 234 g/mol. The van der Waals surface area contributed by atoms with Crippen LogP contribution in [0.25, 0.3) is 11.2 Å². The van der Waals surface area contributed by atoms with Gasteiger partial charge in [-0.1, -0.05) is 0 Å². The van der Waals surface area contributed by atoms with Crippen molar-refractivity contribution in [2.45, 2.75) is 25.3 Å². The Hall–Kier alpha value is -1.69. The molecule has 0 amide bonds. The number of hydrogen-bond donors (Lipinski definition) is 2. The lowest BCUT2D eigenvalue weighted by molar-refractivity contribution is 0.226. The van der Waals surface area contributed by atoms with Crippen LogP contribution < -0.4 is 5.56 Å². The average Bonchev–Trinajstić information content (AvgIpc) is 2.94. The first-order chi connectivity index (χ1) is 8.29. The molecule has 0 bridgehead atoms. The fraction of sp³-hybridized carbons (Fsp3) is 0.545. The van der Waals surface area contributed by atoms with Crippen LogP contribution in [0.1, 0.15) is 25.3 Å². The van der Waals surface area contributed by atoms with Crippen LogP contribution in [0.3, 0.4) is 0 Å². The van der Waals surface area contributed by atoms with Gasteiger partial charge in [-0.2, -0.15) is 0 Å². The van der Waals surface area contributed by atoms with Crippen molar-refractivity contribution >= 4 is 11.2 Å². The molecule has 1 aliphatic carbocycles. The molecular formula is C11H14N4O2. The van der Waals surface area contributed by atoms with Gasteiger partial charge in [-0.15, -0.1) is 0 Å². The van der Waals surface area contributed by atoms with Crippen molar-refractivity contribution < 1.29 is 5.11 Å². The van der Waals surface area contributed by atoms with E-state index in [0.717, 1.165) is 19.3 Å². The van der Waals surface area contributed by atoms with Gasteiger partial charge in [-0.05, 0) is 25.2 Å². The minimum absolute atomic E-state index is 0.203. The largest absolute Gasteiger partial charge is 0.396 e. The second kappa shape index (κ2) is 3.96. The Kier molecular flexibility index (Phi) is 2.44. The number of aliphatic hydroxyl groups is 1. The lowest BCUT2D eigenvalue weighted by Crippen LogP contribution is -2.10. The molecule has 2 N–H and O–H groups in total. The summed E-state index contributed by atoms with van der Waals surface area (Å²) in [6.45, 7) is 0.233. The van der Waals surface area contributed by atoms with Crippen LogP contribution in [-0.4, -0.2) is 31.2 Å². The van der Waals surface area contributed by atoms with E-state index in [9.17, 15) is 4.79 Å². The number of aromatic amines is 1. The molecule has 1 saturated carbocycles. The molecule has 0 radical (unpaired) electrons. The Bertz CT molecular complexity index is 588. The number of aromatic nitrogens is 4. The summed E-state index contributed by atoms with van der Waals surface area (Å²) in [4.78, 5) is 22.3. The highest BCUT2D eigenvalue weighted by molar-refractivity contribution is 5.68. The van der Waals surface area contributed by atoms with E-state index in [2.05, 4.69) is 15.0 Å². The van der Waals surface area contributed by atoms with Gasteiger partial charge in [-0.3, -0.25) is 4.79 Å². The van der Waals surface area contributed by atoms with E-state index < -0.39 is 0 Å². The summed E-state index contributed by atoms with van der Waals surface area (Å²) in [5.41, 5.74) is 0.822. The summed E-state index contributed by atoms with van der Waals surface area (Å²) < 4.78 is 1.96. The van der Waals surface area contributed by atoms with Crippen molar-refractivity contribution in [2.75, 3.05) is 6.61 Å². The SMILES string of the molecule is O=c1[nH]cnc2c1ncn2[C@@H]1CC[C@@H](CO)C1. The quantitative estimate of drug-likeness (QED) is 0.790. The van der Waals surface area contributed by atoms with Gasteiger partial charge >= 0.3 is 0 Å². The van der Waals surface area contributed by atoms with Crippen molar-refractivity contribution in [3.8, 4) is 0 Å². The Morgan fingerprint density at radius 1 is 1.47 bits per heavy atom. The molecule has 6 nitrogen and oxygen atoms in total. The summed E-state index contributed by atoms with van der Waals surface area (Å²) in [5, 5.41) is 9.14. The van der Waals surface area contributed by atoms with Crippen LogP contribution >= 0.6 is 0 Å². The van der Waals surface area contributed by atoms with E-state index in [1.54, 1.807) is 6.33 Å². The highest BCUT2D eigenvalue weighted by atomic mass is 16.3. The molecule has 2 heterocycles. The van der Waals surface area contributed by atoms with Gasteiger partial charge in [0, 0.05) is 12.6 Å². The van der Waals surface area contributed by atoms with E-state index in [1.165, 1.54) is 6.33 Å². The third kappa shape index (κ3) is 1.64. The van der Waals surface area contributed by atoms with Gasteiger partial charge < -0.3 is 14.7 Å². The molecule has 1 fully saturated rings. The Labute approximate surface area is 97.3 Å². The summed E-state index contributed by atoms with van der Waals surface area (Å²) in [5.74, 6) is 0.361. The normalized spacial score (nSPS) is 24.5. The summed E-state index contributed by atoms with van der Waals surface area (Å²) in [6.07, 6.45) is 6.03. The molecule has 0 aliphatic heterocycles. The van der Waals surface area contributed by atoms with Crippen LogP contribution in [-0.2, 0) is 0 Å². The molecule has 0 unspecified atom stereocenters. The molecule has 0 aromatic carbocycles. The van der Waals surface area contributed by atoms with E-state index in [4.69, 9.17) is 5.11 Å². The smallest absolute Gasteiger partial charge is 0.278 e. The van der Waals surface area contributed by atoms with Crippen molar-refractivity contribution in [3.63, 3.8) is 0 Å². The summed E-state index contributed by atoms with van der Waals surface area (Å²) >= 11 is 0. The first-order valence-corrected chi connectivity index (χ1v) is 5.80. The fourth-order valence-corrected chi connectivity index (χ4v) is 2.60. The molecule has 3 rings (SSSR count). The van der Waals surface area contributed by atoms with Gasteiger partial charge in [-0.25, -0.2) is 9.97 Å². The van der Waals surface area contributed by atoms with Gasteiger partial charge in [0.15, 0.2) is 11.2 Å². The van der Waals surface area contributed by atoms with Crippen LogP contribution in [0.5, 0.6) is 0 Å². The minimum atomic E-state index is -0.203. The van der Waals surface area contributed by atoms with Crippen molar-refractivity contribution in [3.05, 3.63) is 23.0 Å². The number of rotatable bonds is 2. The zero-order valence-electron chi connectivity index (χ0n) is 9.33. The van der Waals surface area contributed by atoms with Crippen LogP contribution in [0.4, 0.5) is 0 Å². The fourth-order valence-electron chi connectivity index (χ4n) is 2.60. The summed E-state index contributed by atoms with van der Waals surface area (Å²) in [7, 11) is 0. The van der Waals surface area contributed by atoms with Crippen LogP contribution in [0.2, 0.25) is 0 Å². The topological polar surface area (TPSA) is 83.8 Å². The third-order valence-corrected chi connectivity index (χ3v) is 3.53. The summed E-state index contributed by atoms with van der Waals surface area (Å²) in [6, 6.07) is 0.298. The number of imidazole rings is 1. The lowest BCUT2D eigenvalue weighted by atomic mass is 10.1. The van der Waals surface area contributed by atoms with Gasteiger partial charge in [0.05, 0.1) is 12.7 Å². The van der Waals surface area contributed by atoms with E-state index in [0.29, 0.717) is 23.1 Å². The van der Waals surface area contributed by atoms with Crippen LogP contribution in [0.15, 0.2) is 17.4 Å². The standard InChI is InChI=1S/C11H14N4O2/c16-4-7-1-2-8(3-7)15-6-14-9-10(15)12-5-13-11(9)17/h5-8,16H,1-4H2,(H,12,13,17)/t7-,8-/m1/s1. The maximum atomic E-state index is 11.5. The Balaban J connectivity index is 2.02. The van der Waals surface area contributed by atoms with Crippen molar-refractivity contribution in [2.24, 2.45) is 5.92 Å². The molecule has 2 atom stereocenters. The average molecular weight is 234 g/mol. The predicted molar refractivity (Wildman–Crippen MR) is 61.6 cm³/mol. The Morgan fingerprint density at radius 2 is 2.35 bits per heavy atom. The first-order valence-electron chi connectivity index (χ1n) is 5.80. The molecule has 2 aromatic heterocycles. The minimum Gasteiger partial charge on any atom is -0.396 e. The zero-order valence-corrected chi connectivity index (χ0v) is 9.33. The molecule has 17 heavy (non-hydrogen) atoms. The lowest BCUT2D eigenvalue weighted by Gasteiger charge is -2.12. The molecule has 0 saturated heterocycles. The second-order valence-corrected chi connectivity index (χ2v) is 4.57. The molecule has 0 spiro atoms. The number of nitrogens with zero attached hydrogens (tertiary/aromatic N) is 3. The molecular weight excluding hydrogens is 220 g/mol. The van der Waals surface area contributed by atoms with Gasteiger partial charge in [0.1, 0.15) is 0 Å². The highest BCUT2D eigenvalue weighted by Crippen LogP contribution is 2.35. The molecule has 1 aliphatic rings. The zero-order chi connectivity index (χ0) is 11.8.